The number of benzene rings is 3. The van der Waals surface area contributed by atoms with Crippen molar-refractivity contribution < 1.29 is 5.11 Å². The first-order valence-electron chi connectivity index (χ1n) is 12.0. The number of rotatable bonds is 6. The highest BCUT2D eigenvalue weighted by Gasteiger charge is 2.17. The monoisotopic (exact) mass is 678 g/mol. The van der Waals surface area contributed by atoms with Crippen LogP contribution in [0.25, 0.3) is 33.2 Å². The van der Waals surface area contributed by atoms with Gasteiger partial charge in [-0.1, -0.05) is 74.4 Å². The molecule has 0 bridgehead atoms. The van der Waals surface area contributed by atoms with Crippen LogP contribution in [0.3, 0.4) is 0 Å². The molecule has 0 saturated carbocycles. The molecule has 0 spiro atoms. The van der Waals surface area contributed by atoms with E-state index in [1.54, 1.807) is 29.7 Å². The summed E-state index contributed by atoms with van der Waals surface area (Å²) >= 11 is 10.1. The summed E-state index contributed by atoms with van der Waals surface area (Å²) in [5.74, 6) is 0.205. The Morgan fingerprint density at radius 1 is 0.923 bits per heavy atom. The number of hydrogen-bond acceptors (Lipinski definition) is 7. The Balaban J connectivity index is 1.48. The average Bonchev–Trinajstić information content (AvgIpc) is 3.64. The van der Waals surface area contributed by atoms with Crippen molar-refractivity contribution in [1.29, 1.82) is 0 Å². The van der Waals surface area contributed by atoms with Gasteiger partial charge in [0, 0.05) is 25.6 Å². The molecule has 0 atom stereocenters. The number of halogens is 2. The van der Waals surface area contributed by atoms with Gasteiger partial charge in [0.1, 0.15) is 22.1 Å². The molecule has 11 heteroatoms. The van der Waals surface area contributed by atoms with E-state index >= 15 is 0 Å². The first kappa shape index (κ1) is 25.9. The second-order valence-corrected chi connectivity index (χ2v) is 12.2. The number of thiazole rings is 1. The normalized spacial score (nSPS) is 12.2. The van der Waals surface area contributed by atoms with Crippen molar-refractivity contribution in [2.45, 2.75) is 13.3 Å². The number of phenols is 1. The largest absolute Gasteiger partial charge is 0.508 e. The van der Waals surface area contributed by atoms with Gasteiger partial charge in [0.15, 0.2) is 0 Å². The van der Waals surface area contributed by atoms with Crippen molar-refractivity contribution in [2.24, 2.45) is 10.2 Å². The lowest BCUT2D eigenvalue weighted by Gasteiger charge is -2.09. The van der Waals surface area contributed by atoms with Crippen LogP contribution in [0.5, 0.6) is 5.75 Å². The number of aryl methyl sites for hydroxylation is 1. The van der Waals surface area contributed by atoms with E-state index in [0.717, 1.165) is 59.2 Å². The van der Waals surface area contributed by atoms with Crippen molar-refractivity contribution in [3.63, 3.8) is 0 Å². The highest BCUT2D eigenvalue weighted by Crippen LogP contribution is 2.28. The van der Waals surface area contributed by atoms with Gasteiger partial charge in [0.2, 0.25) is 9.76 Å². The number of nitrogens with zero attached hydrogens (tertiary/aromatic N) is 6. The fraction of sp³-hybridized carbons (Fsp3) is 0.0714. The third-order valence-electron chi connectivity index (χ3n) is 5.98. The first-order chi connectivity index (χ1) is 19.0. The molecule has 0 unspecified atom stereocenters. The molecule has 0 amide bonds. The van der Waals surface area contributed by atoms with Gasteiger partial charge in [-0.2, -0.15) is 10.2 Å². The van der Waals surface area contributed by atoms with Crippen LogP contribution in [-0.2, 0) is 6.42 Å². The zero-order chi connectivity index (χ0) is 26.9. The molecule has 3 heterocycles. The molecule has 7 nitrogen and oxygen atoms in total. The fourth-order valence-electron chi connectivity index (χ4n) is 4.07. The molecule has 1 N–H and O–H groups in total. The number of aromatic nitrogens is 4. The first-order valence-corrected chi connectivity index (χ1v) is 15.3. The Labute approximate surface area is 248 Å². The zero-order valence-corrected chi connectivity index (χ0v) is 25.3. The molecule has 0 saturated heterocycles. The third-order valence-corrected chi connectivity index (χ3v) is 8.91. The summed E-state index contributed by atoms with van der Waals surface area (Å²) in [4.78, 5) is 6.38. The summed E-state index contributed by atoms with van der Waals surface area (Å²) in [6.45, 7) is 2.08. The average molecular weight is 680 g/mol. The molecule has 3 aromatic carbocycles. The minimum absolute atomic E-state index is 0.205. The summed E-state index contributed by atoms with van der Waals surface area (Å²) in [6.07, 6.45) is 2.56. The number of hydrogen-bond donors (Lipinski definition) is 1. The van der Waals surface area contributed by atoms with Gasteiger partial charge in [-0.05, 0) is 60.5 Å². The lowest BCUT2D eigenvalue weighted by Crippen LogP contribution is -2.13. The Hall–Kier alpha value is -3.38. The van der Waals surface area contributed by atoms with Gasteiger partial charge in [0.05, 0.1) is 11.9 Å². The van der Waals surface area contributed by atoms with E-state index in [0.29, 0.717) is 4.80 Å². The molecule has 0 radical (unpaired) electrons. The minimum Gasteiger partial charge on any atom is -0.508 e. The van der Waals surface area contributed by atoms with Crippen molar-refractivity contribution >= 4 is 65.7 Å². The third kappa shape index (κ3) is 5.27. The highest BCUT2D eigenvalue weighted by molar-refractivity contribution is 9.10. The van der Waals surface area contributed by atoms with Crippen molar-refractivity contribution in [2.75, 3.05) is 0 Å². The van der Waals surface area contributed by atoms with Crippen LogP contribution in [-0.4, -0.2) is 30.5 Å². The van der Waals surface area contributed by atoms with Gasteiger partial charge in [-0.25, -0.2) is 9.50 Å². The van der Waals surface area contributed by atoms with E-state index in [1.807, 2.05) is 57.6 Å². The Kier molecular flexibility index (Phi) is 7.30. The number of phenolic OH excluding ortho intramolecular Hbond substituents is 1. The molecular formula is C28H20Br2N6OS2. The van der Waals surface area contributed by atoms with Gasteiger partial charge < -0.3 is 5.11 Å². The van der Waals surface area contributed by atoms with Crippen molar-refractivity contribution in [3.8, 4) is 34.0 Å². The van der Waals surface area contributed by atoms with Gasteiger partial charge in [0.25, 0.3) is 0 Å². The molecule has 0 fully saturated rings. The second-order valence-electron chi connectivity index (χ2n) is 8.50. The Morgan fingerprint density at radius 3 is 2.26 bits per heavy atom. The SMILES string of the molecule is CCc1nn2c(/C=N/N=c3\scc(-c4ccc(Br)cc4)n3-c3ccc(O)cc3)c(-c3ccc(Br)cc3)nc2s1. The molecule has 6 rings (SSSR count). The second kappa shape index (κ2) is 11.0. The van der Waals surface area contributed by atoms with E-state index in [9.17, 15) is 5.11 Å². The lowest BCUT2D eigenvalue weighted by molar-refractivity contribution is 0.475. The maximum absolute atomic E-state index is 9.85. The summed E-state index contributed by atoms with van der Waals surface area (Å²) < 4.78 is 5.89. The van der Waals surface area contributed by atoms with Gasteiger partial charge in [-0.3, -0.25) is 4.57 Å². The van der Waals surface area contributed by atoms with Crippen LogP contribution in [0.2, 0.25) is 0 Å². The van der Waals surface area contributed by atoms with Crippen LogP contribution in [0.4, 0.5) is 0 Å². The Morgan fingerprint density at radius 2 is 1.59 bits per heavy atom. The predicted octanol–water partition coefficient (Wildman–Crippen LogP) is 7.70. The van der Waals surface area contributed by atoms with E-state index in [2.05, 4.69) is 66.5 Å². The maximum atomic E-state index is 9.85. The van der Waals surface area contributed by atoms with Crippen LogP contribution < -0.4 is 4.80 Å². The van der Waals surface area contributed by atoms with E-state index in [4.69, 9.17) is 10.1 Å². The number of fused-ring (bicyclic) bond motifs is 1. The molecule has 0 aliphatic carbocycles. The molecule has 0 aliphatic heterocycles. The lowest BCUT2D eigenvalue weighted by atomic mass is 10.1. The number of aromatic hydroxyl groups is 1. The fourth-order valence-corrected chi connectivity index (χ4v) is 6.30. The zero-order valence-electron chi connectivity index (χ0n) is 20.5. The predicted molar refractivity (Wildman–Crippen MR) is 165 cm³/mol. The molecule has 39 heavy (non-hydrogen) atoms. The minimum atomic E-state index is 0.205. The van der Waals surface area contributed by atoms with Crippen LogP contribution in [0.15, 0.2) is 97.3 Å². The molecular weight excluding hydrogens is 660 g/mol. The maximum Gasteiger partial charge on any atom is 0.215 e. The van der Waals surface area contributed by atoms with Gasteiger partial charge >= 0.3 is 0 Å². The summed E-state index contributed by atoms with van der Waals surface area (Å²) in [6, 6.07) is 23.2. The Bertz CT molecular complexity index is 1870. The van der Waals surface area contributed by atoms with Crippen LogP contribution >= 0.6 is 54.5 Å². The van der Waals surface area contributed by atoms with Crippen LogP contribution in [0.1, 0.15) is 17.6 Å². The molecule has 6 aromatic rings. The van der Waals surface area contributed by atoms with Crippen LogP contribution in [0, 0.1) is 0 Å². The molecule has 3 aromatic heterocycles. The van der Waals surface area contributed by atoms with E-state index in [-0.39, 0.29) is 5.75 Å². The molecule has 0 aliphatic rings. The standard InChI is InChI=1S/C28H20Br2N6OS2/c1-2-25-34-36-23(26(32-27(36)39-25)18-5-9-20(30)10-6-18)15-31-33-28-35(21-11-13-22(37)14-12-21)24(16-38-28)17-3-7-19(29)8-4-17/h3-16,37H,2H2,1H3/b31-15+,33-28-. The van der Waals surface area contributed by atoms with Crippen molar-refractivity contribution in [3.05, 3.63) is 103 Å². The quantitative estimate of drug-likeness (QED) is 0.145. The van der Waals surface area contributed by atoms with Gasteiger partial charge in [-0.15, -0.1) is 16.4 Å². The highest BCUT2D eigenvalue weighted by atomic mass is 79.9. The summed E-state index contributed by atoms with van der Waals surface area (Å²) in [5.41, 5.74) is 5.43. The molecule has 194 valence electrons. The smallest absolute Gasteiger partial charge is 0.215 e. The summed E-state index contributed by atoms with van der Waals surface area (Å²) in [5, 5.41) is 26.8. The topological polar surface area (TPSA) is 80.1 Å². The van der Waals surface area contributed by atoms with Crippen molar-refractivity contribution in [1.82, 2.24) is 19.2 Å². The van der Waals surface area contributed by atoms with E-state index < -0.39 is 0 Å². The van der Waals surface area contributed by atoms with E-state index in [1.165, 1.54) is 11.3 Å². The number of imidazole rings is 1. The summed E-state index contributed by atoms with van der Waals surface area (Å²) in [7, 11) is 0.